The number of oxime groups is 1. The first-order valence-electron chi connectivity index (χ1n) is 27.4. The summed E-state index contributed by atoms with van der Waals surface area (Å²) in [6.45, 7) is 17.2. The van der Waals surface area contributed by atoms with Crippen LogP contribution in [0.1, 0.15) is 155 Å². The zero-order valence-corrected chi connectivity index (χ0v) is 45.3. The van der Waals surface area contributed by atoms with Crippen LogP contribution in [0.25, 0.3) is 10.9 Å². The lowest BCUT2D eigenvalue weighted by Crippen LogP contribution is -2.71. The second-order valence-electron chi connectivity index (χ2n) is 23.2. The first-order valence-corrected chi connectivity index (χ1v) is 28.9. The van der Waals surface area contributed by atoms with Crippen LogP contribution >= 0.6 is 7.82 Å². The molecule has 0 amide bonds. The highest BCUT2D eigenvalue weighted by Gasteiger charge is 2.72. The molecule has 4 bridgehead atoms. The number of aliphatic hydroxyl groups excluding tert-OH is 1. The number of phosphoric ester groups is 1. The van der Waals surface area contributed by atoms with Gasteiger partial charge in [-0.05, 0) is 139 Å². The van der Waals surface area contributed by atoms with Gasteiger partial charge in [0.25, 0.3) is 0 Å². The molecule has 2 aliphatic carbocycles. The number of hydrogen-bond acceptors (Lipinski definition) is 16. The highest BCUT2D eigenvalue weighted by atomic mass is 31.2. The number of piperidine rings is 1. The molecule has 426 valence electrons. The Balaban J connectivity index is 0.000000213. The summed E-state index contributed by atoms with van der Waals surface area (Å²) in [7, 11) is -3.99. The number of hydrogen-bond donors (Lipinski definition) is 2. The van der Waals surface area contributed by atoms with E-state index < -0.39 is 90.6 Å². The number of nitrogens with one attached hydrogen (secondary N) is 1. The molecule has 11 aliphatic rings. The van der Waals surface area contributed by atoms with E-state index in [1.54, 1.807) is 13.8 Å². The van der Waals surface area contributed by atoms with Crippen LogP contribution in [0.4, 0.5) is 26.3 Å². The van der Waals surface area contributed by atoms with E-state index in [1.165, 1.54) is 6.07 Å². The first kappa shape index (κ1) is 56.7. The van der Waals surface area contributed by atoms with Crippen LogP contribution in [-0.4, -0.2) is 89.2 Å². The van der Waals surface area contributed by atoms with E-state index in [1.807, 2.05) is 13.8 Å². The normalized spacial score (nSPS) is 41.7. The number of phosphoric acid groups is 1. The van der Waals surface area contributed by atoms with Crippen molar-refractivity contribution in [2.75, 3.05) is 19.8 Å². The second-order valence-corrected chi connectivity index (χ2v) is 24.8. The number of alkyl halides is 6. The average Bonchev–Trinajstić information content (AvgIpc) is 3.86. The van der Waals surface area contributed by atoms with Crippen molar-refractivity contribution in [2.24, 2.45) is 52.5 Å². The molecule has 1 aromatic heterocycles. The Bertz CT molecular complexity index is 2500. The minimum absolute atomic E-state index is 0.0534. The lowest BCUT2D eigenvalue weighted by Gasteiger charge is -2.61. The van der Waals surface area contributed by atoms with Gasteiger partial charge in [-0.25, -0.2) is 29.1 Å². The maximum absolute atomic E-state index is 13.6. The number of para-hydroxylation sites is 1. The lowest BCUT2D eigenvalue weighted by molar-refractivity contribution is -0.571. The molecule has 11 fully saturated rings. The first-order chi connectivity index (χ1) is 35.9. The molecule has 10 heterocycles. The van der Waals surface area contributed by atoms with E-state index >= 15 is 0 Å². The van der Waals surface area contributed by atoms with Gasteiger partial charge in [0, 0.05) is 42.5 Å². The van der Waals surface area contributed by atoms with Crippen LogP contribution in [0.2, 0.25) is 0 Å². The molecule has 9 aliphatic heterocycles. The van der Waals surface area contributed by atoms with Gasteiger partial charge in [-0.15, -0.1) is 0 Å². The molecule has 2 aromatic rings. The van der Waals surface area contributed by atoms with Gasteiger partial charge in [0.05, 0.1) is 42.2 Å². The van der Waals surface area contributed by atoms with Crippen molar-refractivity contribution in [2.45, 2.75) is 205 Å². The van der Waals surface area contributed by atoms with Gasteiger partial charge in [0.2, 0.25) is 11.6 Å². The molecule has 2 saturated carbocycles. The van der Waals surface area contributed by atoms with E-state index in [-0.39, 0.29) is 65.8 Å². The average molecular weight is 1110 g/mol. The van der Waals surface area contributed by atoms with Gasteiger partial charge in [0.1, 0.15) is 11.8 Å². The molecule has 16 nitrogen and oxygen atoms in total. The number of pyridine rings is 1. The lowest BCUT2D eigenvalue weighted by atomic mass is 9.56. The maximum atomic E-state index is 13.6. The fourth-order valence-electron chi connectivity index (χ4n) is 14.7. The van der Waals surface area contributed by atoms with Crippen molar-refractivity contribution >= 4 is 24.4 Å². The summed E-state index contributed by atoms with van der Waals surface area (Å²) in [6, 6.07) is 3.16. The molecular formula is C53H74F6N3O13P. The molecule has 18 atom stereocenters. The Morgan fingerprint density at radius 1 is 0.789 bits per heavy atom. The largest absolute Gasteiger partial charge is 0.550 e. The minimum atomic E-state index is -4.93. The van der Waals surface area contributed by atoms with Gasteiger partial charge in [0.15, 0.2) is 23.8 Å². The summed E-state index contributed by atoms with van der Waals surface area (Å²) >= 11 is 0. The van der Waals surface area contributed by atoms with Crippen LogP contribution in [0.15, 0.2) is 29.4 Å². The molecular weight excluding hydrogens is 1030 g/mol. The number of rotatable bonds is 11. The fraction of sp³-hybridized carbons (Fsp3) is 0.811. The van der Waals surface area contributed by atoms with Crippen molar-refractivity contribution in [3.63, 3.8) is 0 Å². The fourth-order valence-corrected chi connectivity index (χ4v) is 15.7. The molecule has 2 N–H and O–H groups in total. The molecule has 1 aromatic carbocycles. The summed E-state index contributed by atoms with van der Waals surface area (Å²) in [4.78, 5) is 28.2. The van der Waals surface area contributed by atoms with E-state index in [0.717, 1.165) is 63.9 Å². The van der Waals surface area contributed by atoms with Gasteiger partial charge in [-0.2, -0.15) is 26.3 Å². The highest BCUT2D eigenvalue weighted by molar-refractivity contribution is 7.48. The zero-order valence-electron chi connectivity index (χ0n) is 44.5. The topological polar surface area (TPSA) is 176 Å². The van der Waals surface area contributed by atoms with E-state index in [0.29, 0.717) is 55.5 Å². The molecule has 0 radical (unpaired) electrons. The van der Waals surface area contributed by atoms with Crippen LogP contribution in [0, 0.1) is 47.3 Å². The van der Waals surface area contributed by atoms with Gasteiger partial charge in [-0.1, -0.05) is 51.4 Å². The summed E-state index contributed by atoms with van der Waals surface area (Å²) in [5.74, 6) is -0.262. The monoisotopic (exact) mass is 1110 g/mol. The minimum Gasteiger partial charge on any atom is -0.387 e. The number of benzene rings is 1. The van der Waals surface area contributed by atoms with Gasteiger partial charge < -0.3 is 29.4 Å². The maximum Gasteiger partial charge on any atom is 0.550 e. The van der Waals surface area contributed by atoms with Crippen molar-refractivity contribution < 1.29 is 88.2 Å². The van der Waals surface area contributed by atoms with Gasteiger partial charge in [-0.3, -0.25) is 13.7 Å². The Hall–Kier alpha value is -2.57. The number of aromatic nitrogens is 1. The van der Waals surface area contributed by atoms with Crippen LogP contribution in [0.3, 0.4) is 0 Å². The van der Waals surface area contributed by atoms with Crippen molar-refractivity contribution in [1.29, 1.82) is 0 Å². The number of nitrogens with zero attached hydrogens (tertiary/aromatic N) is 2. The standard InChI is InChI=1S/C36H58NO12P.C17H16F6N2O/c1-9-39-50(38,40-10-2)49-37-28(30-23(6)27-14-12-21(4)25-16-18-34(8)44-32(42-30)36(25,27)48-46-34)19-29-22(5)26-13-11-20(3)24-15-17-33(7)43-31(41-29)35(24,26)47-45-33;18-16(19,20)11-5-3-4-9-10(15(26)12-6-1-2-7-24-12)8-13(17(21,22)23)25-14(9)11/h20-27,29-32H,9-19H2,1-8H3;3-5,8,12,15,24,26H,1-2,6-7H2/b37-28-;/t20-,21-,22-,23-,24+,25+,26+,27+,29-,30+,31-,32-,33?,34?,35-,36-;12-,15+/m11/s1. The smallest absolute Gasteiger partial charge is 0.387 e. The quantitative estimate of drug-likeness (QED) is 0.0714. The van der Waals surface area contributed by atoms with E-state index in [4.69, 9.17) is 52.2 Å². The molecule has 2 unspecified atom stereocenters. The summed E-state index contributed by atoms with van der Waals surface area (Å²) in [6.07, 6.45) is -3.41. The zero-order chi connectivity index (χ0) is 54.4. The Kier molecular flexibility index (Phi) is 15.7. The third-order valence-corrected chi connectivity index (χ3v) is 20.0. The second kappa shape index (κ2) is 21.1. The Morgan fingerprint density at radius 2 is 1.38 bits per heavy atom. The summed E-state index contributed by atoms with van der Waals surface area (Å²) in [5.41, 5.74) is -4.58. The molecule has 76 heavy (non-hydrogen) atoms. The van der Waals surface area contributed by atoms with E-state index in [9.17, 15) is 36.0 Å². The summed E-state index contributed by atoms with van der Waals surface area (Å²) in [5, 5.41) is 18.1. The predicted octanol–water partition coefficient (Wildman–Crippen LogP) is 11.9. The predicted molar refractivity (Wildman–Crippen MR) is 260 cm³/mol. The molecule has 23 heteroatoms. The molecule has 2 spiro atoms. The number of aliphatic hydroxyl groups is 1. The number of ether oxygens (including phenoxy) is 4. The van der Waals surface area contributed by atoms with Crippen molar-refractivity contribution in [3.8, 4) is 0 Å². The van der Waals surface area contributed by atoms with Crippen LogP contribution < -0.4 is 5.32 Å². The Labute approximate surface area is 439 Å². The number of fused-ring (bicyclic) bond motifs is 5. The summed E-state index contributed by atoms with van der Waals surface area (Å²) < 4.78 is 137. The SMILES string of the molecule is CCOP(=O)(OCC)O/N=C(/C[C@H]1O[C@@H]2OC3(C)CC[C@H]4[C@H](C)CC[C@@H]([C@H]1C)[C@@]24OO3)[C@H]1O[C@@H]2OC3(C)CC[C@H]4[C@H](C)CC[C@@H]([C@H]1C)[C@@]24OO3.O[C@@H](c1cc(C(F)(F)F)nc2c(C(F)(F)F)cccc12)[C@H]1CCCCN1. The molecule has 9 saturated heterocycles. The number of halogens is 6. The molecule has 13 rings (SSSR count). The Morgan fingerprint density at radius 3 is 1.93 bits per heavy atom. The van der Waals surface area contributed by atoms with Crippen LogP contribution in [0.5, 0.6) is 0 Å². The van der Waals surface area contributed by atoms with E-state index in [2.05, 4.69) is 43.2 Å². The van der Waals surface area contributed by atoms with Crippen LogP contribution in [-0.2, 0) is 69.1 Å². The third-order valence-electron chi connectivity index (χ3n) is 18.5. The third kappa shape index (κ3) is 10.1. The van der Waals surface area contributed by atoms with Gasteiger partial charge >= 0.3 is 20.2 Å². The van der Waals surface area contributed by atoms with Crippen molar-refractivity contribution in [1.82, 2.24) is 10.3 Å². The highest BCUT2D eigenvalue weighted by Crippen LogP contribution is 2.63. The van der Waals surface area contributed by atoms with Crippen molar-refractivity contribution in [3.05, 3.63) is 41.1 Å².